The van der Waals surface area contributed by atoms with E-state index in [-0.39, 0.29) is 23.9 Å². The number of carbonyl (C=O) groups excluding carboxylic acids is 2. The fourth-order valence-electron chi connectivity index (χ4n) is 6.87. The van der Waals surface area contributed by atoms with E-state index in [0.717, 1.165) is 25.1 Å². The Bertz CT molecular complexity index is 927. The number of rotatable bonds is 24. The maximum Gasteiger partial charge on any atom is 0.407 e. The molecule has 0 spiro atoms. The van der Waals surface area contributed by atoms with Gasteiger partial charge in [-0.3, -0.25) is 4.79 Å². The van der Waals surface area contributed by atoms with Crippen molar-refractivity contribution in [2.45, 2.75) is 156 Å². The molecule has 0 radical (unpaired) electrons. The van der Waals surface area contributed by atoms with E-state index in [0.29, 0.717) is 24.8 Å². The standard InChI is InChI=1S/C39H68N2O4/c1-7-8-9-10-11-12-13-14-15-16-17-18-19-23-26-40-30-34-28-35(39(34,5)6)33(27-36(42)45-38(2,3)4)29-41-37(43)44-31-32-24-21-20-22-25-32/h20-22,24-25,33-35,40H,7-19,23,26-31H2,1-6H3,(H,41,43)/t33-,34+,35-/m1/s1. The summed E-state index contributed by atoms with van der Waals surface area (Å²) in [7, 11) is 0. The van der Waals surface area contributed by atoms with Gasteiger partial charge in [0.05, 0.1) is 6.42 Å². The molecular weight excluding hydrogens is 560 g/mol. The highest BCUT2D eigenvalue weighted by molar-refractivity contribution is 5.71. The molecule has 2 rings (SSSR count). The molecule has 0 heterocycles. The third-order valence-electron chi connectivity index (χ3n) is 9.78. The summed E-state index contributed by atoms with van der Waals surface area (Å²) in [4.78, 5) is 25.3. The molecule has 1 saturated carbocycles. The zero-order valence-corrected chi connectivity index (χ0v) is 29.9. The van der Waals surface area contributed by atoms with Crippen molar-refractivity contribution in [3.8, 4) is 0 Å². The number of amides is 1. The molecule has 0 saturated heterocycles. The first kappa shape index (κ1) is 39.1. The van der Waals surface area contributed by atoms with Gasteiger partial charge in [0.25, 0.3) is 0 Å². The number of esters is 1. The second-order valence-corrected chi connectivity index (χ2v) is 15.2. The molecule has 1 fully saturated rings. The Kier molecular flexibility index (Phi) is 18.8. The fourth-order valence-corrected chi connectivity index (χ4v) is 6.87. The molecule has 6 heteroatoms. The maximum absolute atomic E-state index is 12.8. The van der Waals surface area contributed by atoms with Crippen molar-refractivity contribution in [2.75, 3.05) is 19.6 Å². The van der Waals surface area contributed by atoms with Gasteiger partial charge in [0.15, 0.2) is 0 Å². The molecule has 1 aliphatic rings. The summed E-state index contributed by atoms with van der Waals surface area (Å²) >= 11 is 0. The second kappa shape index (κ2) is 21.7. The molecule has 1 aliphatic carbocycles. The molecule has 1 aromatic carbocycles. The highest BCUT2D eigenvalue weighted by atomic mass is 16.6. The van der Waals surface area contributed by atoms with E-state index in [4.69, 9.17) is 9.47 Å². The summed E-state index contributed by atoms with van der Waals surface area (Å²) in [6.07, 6.45) is 20.3. The Morgan fingerprint density at radius 3 is 1.96 bits per heavy atom. The lowest BCUT2D eigenvalue weighted by molar-refractivity contribution is -0.158. The minimum atomic E-state index is -0.529. The molecule has 2 N–H and O–H groups in total. The zero-order valence-electron chi connectivity index (χ0n) is 29.9. The first-order valence-corrected chi connectivity index (χ1v) is 18.4. The van der Waals surface area contributed by atoms with Crippen LogP contribution in [0.1, 0.15) is 150 Å². The van der Waals surface area contributed by atoms with Crippen LogP contribution in [0.5, 0.6) is 0 Å². The molecule has 6 nitrogen and oxygen atoms in total. The van der Waals surface area contributed by atoms with Gasteiger partial charge in [0.2, 0.25) is 0 Å². The quantitative estimate of drug-likeness (QED) is 0.0880. The predicted octanol–water partition coefficient (Wildman–Crippen LogP) is 9.99. The minimum Gasteiger partial charge on any atom is -0.460 e. The summed E-state index contributed by atoms with van der Waals surface area (Å²) in [5.41, 5.74) is 0.492. The highest BCUT2D eigenvalue weighted by Crippen LogP contribution is 2.55. The molecule has 1 amide bonds. The van der Waals surface area contributed by atoms with E-state index in [9.17, 15) is 9.59 Å². The molecule has 0 unspecified atom stereocenters. The first-order chi connectivity index (χ1) is 21.5. The Hall–Kier alpha value is -2.08. The second-order valence-electron chi connectivity index (χ2n) is 15.2. The van der Waals surface area contributed by atoms with Gasteiger partial charge >= 0.3 is 12.1 Å². The van der Waals surface area contributed by atoms with Crippen molar-refractivity contribution in [2.24, 2.45) is 23.2 Å². The SMILES string of the molecule is CCCCCCCCCCCCCCCCNC[C@@H]1C[C@H]([C@@H](CNC(=O)OCc2ccccc2)CC(=O)OC(C)(C)C)C1(C)C. The van der Waals surface area contributed by atoms with Crippen LogP contribution in [-0.2, 0) is 20.9 Å². The van der Waals surface area contributed by atoms with Crippen LogP contribution in [0.2, 0.25) is 0 Å². The third kappa shape index (κ3) is 16.9. The van der Waals surface area contributed by atoms with E-state index in [2.05, 4.69) is 31.4 Å². The van der Waals surface area contributed by atoms with Gasteiger partial charge in [-0.05, 0) is 75.4 Å². The van der Waals surface area contributed by atoms with Crippen molar-refractivity contribution < 1.29 is 19.1 Å². The number of hydrogen-bond acceptors (Lipinski definition) is 5. The van der Waals surface area contributed by atoms with Crippen LogP contribution in [0, 0.1) is 23.2 Å². The average Bonchev–Trinajstić information content (AvgIpc) is 2.99. The number of ether oxygens (including phenoxy) is 2. The van der Waals surface area contributed by atoms with Gasteiger partial charge in [0, 0.05) is 6.54 Å². The number of carbonyl (C=O) groups is 2. The fraction of sp³-hybridized carbons (Fsp3) is 0.795. The Morgan fingerprint density at radius 1 is 0.867 bits per heavy atom. The number of hydrogen-bond donors (Lipinski definition) is 2. The zero-order chi connectivity index (χ0) is 33.0. The molecule has 1 aromatic rings. The first-order valence-electron chi connectivity index (χ1n) is 18.4. The summed E-state index contributed by atoms with van der Waals surface area (Å²) in [5, 5.41) is 6.66. The van der Waals surface area contributed by atoms with Crippen molar-refractivity contribution >= 4 is 12.1 Å². The molecular formula is C39H68N2O4. The molecule has 258 valence electrons. The van der Waals surface area contributed by atoms with Crippen LogP contribution in [0.4, 0.5) is 4.79 Å². The summed E-state index contributed by atoms with van der Waals surface area (Å²) in [6, 6.07) is 9.66. The van der Waals surface area contributed by atoms with Gasteiger partial charge in [-0.25, -0.2) is 4.79 Å². The van der Waals surface area contributed by atoms with E-state index in [1.807, 2.05) is 51.1 Å². The summed E-state index contributed by atoms with van der Waals surface area (Å²) in [6.45, 7) is 15.3. The lowest BCUT2D eigenvalue weighted by atomic mass is 9.50. The average molecular weight is 629 g/mol. The topological polar surface area (TPSA) is 76.7 Å². The number of alkyl carbamates (subject to hydrolysis) is 1. The van der Waals surface area contributed by atoms with Gasteiger partial charge in [-0.2, -0.15) is 0 Å². The van der Waals surface area contributed by atoms with Gasteiger partial charge < -0.3 is 20.1 Å². The molecule has 0 aliphatic heterocycles. The van der Waals surface area contributed by atoms with Crippen molar-refractivity contribution in [1.29, 1.82) is 0 Å². The molecule has 3 atom stereocenters. The minimum absolute atomic E-state index is 0.00108. The normalized spacial score (nSPS) is 18.2. The van der Waals surface area contributed by atoms with Crippen molar-refractivity contribution in [3.63, 3.8) is 0 Å². The molecule has 45 heavy (non-hydrogen) atoms. The Balaban J connectivity index is 1.64. The largest absolute Gasteiger partial charge is 0.460 e. The van der Waals surface area contributed by atoms with Crippen molar-refractivity contribution in [3.05, 3.63) is 35.9 Å². The summed E-state index contributed by atoms with van der Waals surface area (Å²) < 4.78 is 11.1. The van der Waals surface area contributed by atoms with Gasteiger partial charge in [-0.1, -0.05) is 135 Å². The summed E-state index contributed by atoms with van der Waals surface area (Å²) in [5.74, 6) is 0.677. The smallest absolute Gasteiger partial charge is 0.407 e. The van der Waals surface area contributed by atoms with E-state index >= 15 is 0 Å². The monoisotopic (exact) mass is 629 g/mol. The van der Waals surface area contributed by atoms with Crippen molar-refractivity contribution in [1.82, 2.24) is 10.6 Å². The van der Waals surface area contributed by atoms with Crippen LogP contribution in [0.3, 0.4) is 0 Å². The van der Waals surface area contributed by atoms with E-state index < -0.39 is 11.7 Å². The van der Waals surface area contributed by atoms with Gasteiger partial charge in [-0.15, -0.1) is 0 Å². The number of unbranched alkanes of at least 4 members (excludes halogenated alkanes) is 13. The number of nitrogens with one attached hydrogen (secondary N) is 2. The maximum atomic E-state index is 12.8. The Morgan fingerprint density at radius 2 is 1.42 bits per heavy atom. The number of benzene rings is 1. The predicted molar refractivity (Wildman–Crippen MR) is 187 cm³/mol. The van der Waals surface area contributed by atoms with Gasteiger partial charge in [0.1, 0.15) is 12.2 Å². The van der Waals surface area contributed by atoms with Crippen LogP contribution < -0.4 is 10.6 Å². The lowest BCUT2D eigenvalue weighted by Gasteiger charge is -2.55. The van der Waals surface area contributed by atoms with Crippen LogP contribution in [0.25, 0.3) is 0 Å². The van der Waals surface area contributed by atoms with Crippen LogP contribution in [0.15, 0.2) is 30.3 Å². The molecule has 0 bridgehead atoms. The van der Waals surface area contributed by atoms with E-state index in [1.54, 1.807) is 0 Å². The third-order valence-corrected chi connectivity index (χ3v) is 9.78. The van der Waals surface area contributed by atoms with Crippen LogP contribution in [-0.4, -0.2) is 37.3 Å². The lowest BCUT2D eigenvalue weighted by Crippen LogP contribution is -2.54. The molecule has 0 aromatic heterocycles. The van der Waals surface area contributed by atoms with E-state index in [1.165, 1.54) is 89.9 Å². The highest BCUT2D eigenvalue weighted by Gasteiger charge is 2.51. The van der Waals surface area contributed by atoms with Crippen LogP contribution >= 0.6 is 0 Å². The Labute approximate surface area is 276 Å².